The van der Waals surface area contributed by atoms with Gasteiger partial charge in [0.25, 0.3) is 0 Å². The summed E-state index contributed by atoms with van der Waals surface area (Å²) in [5.41, 5.74) is 2.20. The molecule has 0 spiro atoms. The van der Waals surface area contributed by atoms with E-state index in [2.05, 4.69) is 5.32 Å². The van der Waals surface area contributed by atoms with Crippen LogP contribution in [-0.4, -0.2) is 31.0 Å². The van der Waals surface area contributed by atoms with Gasteiger partial charge in [-0.3, -0.25) is 0 Å². The van der Waals surface area contributed by atoms with Crippen LogP contribution >= 0.6 is 0 Å². The second kappa shape index (κ2) is 8.04. The topological polar surface area (TPSA) is 60.0 Å². The van der Waals surface area contributed by atoms with Crippen LogP contribution in [0.2, 0.25) is 0 Å². The molecule has 0 saturated heterocycles. The third-order valence-corrected chi connectivity index (χ3v) is 3.70. The second-order valence-corrected chi connectivity index (χ2v) is 5.89. The molecule has 128 valence electrons. The molecule has 5 heteroatoms. The van der Waals surface area contributed by atoms with Crippen LogP contribution in [0.3, 0.4) is 0 Å². The van der Waals surface area contributed by atoms with Crippen LogP contribution in [0, 0.1) is 0 Å². The Labute approximate surface area is 142 Å². The monoisotopic (exact) mass is 329 g/mol. The summed E-state index contributed by atoms with van der Waals surface area (Å²) in [7, 11) is 0. The molecular weight excluding hydrogens is 306 g/mol. The van der Waals surface area contributed by atoms with E-state index in [-0.39, 0.29) is 6.10 Å². The fraction of sp³-hybridized carbons (Fsp3) is 0.368. The largest absolute Gasteiger partial charge is 0.489 e. The van der Waals surface area contributed by atoms with Gasteiger partial charge in [0.15, 0.2) is 11.5 Å². The minimum atomic E-state index is -0.335. The highest BCUT2D eigenvalue weighted by atomic mass is 16.6. The molecule has 1 aliphatic heterocycles. The predicted molar refractivity (Wildman–Crippen MR) is 91.6 cm³/mol. The molecule has 0 aromatic heterocycles. The van der Waals surface area contributed by atoms with E-state index in [0.29, 0.717) is 26.4 Å². The maximum atomic E-state index is 9.23. The number of aliphatic hydroxyl groups is 1. The van der Waals surface area contributed by atoms with Crippen molar-refractivity contribution in [3.63, 3.8) is 0 Å². The lowest BCUT2D eigenvalue weighted by molar-refractivity contribution is 0.171. The second-order valence-electron chi connectivity index (χ2n) is 5.89. The van der Waals surface area contributed by atoms with Gasteiger partial charge < -0.3 is 24.6 Å². The van der Waals surface area contributed by atoms with Crippen LogP contribution < -0.4 is 19.5 Å². The van der Waals surface area contributed by atoms with E-state index in [1.165, 1.54) is 0 Å². The molecule has 0 aliphatic carbocycles. The summed E-state index contributed by atoms with van der Waals surface area (Å²) in [6, 6.07) is 13.8. The average molecular weight is 329 g/mol. The Hall–Kier alpha value is -2.24. The minimum absolute atomic E-state index is 0.335. The van der Waals surface area contributed by atoms with Gasteiger partial charge in [-0.1, -0.05) is 18.2 Å². The molecule has 0 saturated carbocycles. The first kappa shape index (κ1) is 16.6. The fourth-order valence-electron chi connectivity index (χ4n) is 2.47. The van der Waals surface area contributed by atoms with Crippen molar-refractivity contribution < 1.29 is 19.3 Å². The Bertz CT molecular complexity index is 655. The van der Waals surface area contributed by atoms with Gasteiger partial charge in [-0.05, 0) is 42.3 Å². The van der Waals surface area contributed by atoms with Gasteiger partial charge in [0.05, 0.1) is 6.10 Å². The molecule has 24 heavy (non-hydrogen) atoms. The fourth-order valence-corrected chi connectivity index (χ4v) is 2.47. The van der Waals surface area contributed by atoms with Crippen molar-refractivity contribution >= 4 is 0 Å². The van der Waals surface area contributed by atoms with Gasteiger partial charge in [-0.15, -0.1) is 0 Å². The molecular formula is C19H23NO4. The standard InChI is InChI=1S/C19H23NO4/c1-14(21)11-20-12-15-2-5-17(6-3-15)24-13-16-4-7-18-19(10-16)23-9-8-22-18/h2-7,10,14,20-21H,8-9,11-13H2,1H3/t14-/m1/s1. The maximum Gasteiger partial charge on any atom is 0.161 e. The van der Waals surface area contributed by atoms with E-state index < -0.39 is 0 Å². The van der Waals surface area contributed by atoms with Crippen molar-refractivity contribution in [1.29, 1.82) is 0 Å². The summed E-state index contributed by atoms with van der Waals surface area (Å²) in [5.74, 6) is 2.39. The lowest BCUT2D eigenvalue weighted by atomic mass is 10.2. The molecule has 5 nitrogen and oxygen atoms in total. The van der Waals surface area contributed by atoms with Crippen LogP contribution in [0.15, 0.2) is 42.5 Å². The van der Waals surface area contributed by atoms with Crippen LogP contribution in [0.4, 0.5) is 0 Å². The molecule has 0 amide bonds. The zero-order valence-electron chi connectivity index (χ0n) is 13.8. The molecule has 1 aliphatic rings. The zero-order valence-corrected chi connectivity index (χ0v) is 13.8. The van der Waals surface area contributed by atoms with Gasteiger partial charge in [-0.2, -0.15) is 0 Å². The van der Waals surface area contributed by atoms with Crippen LogP contribution in [0.1, 0.15) is 18.1 Å². The van der Waals surface area contributed by atoms with Gasteiger partial charge in [0.2, 0.25) is 0 Å². The Morgan fingerprint density at radius 1 is 1.04 bits per heavy atom. The van der Waals surface area contributed by atoms with E-state index in [9.17, 15) is 5.11 Å². The summed E-state index contributed by atoms with van der Waals surface area (Å²) in [4.78, 5) is 0. The highest BCUT2D eigenvalue weighted by molar-refractivity contribution is 5.43. The van der Waals surface area contributed by atoms with Crippen molar-refractivity contribution in [1.82, 2.24) is 5.32 Å². The molecule has 1 heterocycles. The SMILES string of the molecule is C[C@@H](O)CNCc1ccc(OCc2ccc3c(c2)OCCO3)cc1. The zero-order chi connectivity index (χ0) is 16.8. The number of hydrogen-bond donors (Lipinski definition) is 2. The van der Waals surface area contributed by atoms with Crippen LogP contribution in [0.5, 0.6) is 17.2 Å². The summed E-state index contributed by atoms with van der Waals surface area (Å²) < 4.78 is 16.9. The molecule has 0 radical (unpaired) electrons. The molecule has 0 bridgehead atoms. The number of aliphatic hydroxyl groups excluding tert-OH is 1. The molecule has 0 fully saturated rings. The van der Waals surface area contributed by atoms with E-state index in [0.717, 1.165) is 34.9 Å². The molecule has 3 rings (SSSR count). The van der Waals surface area contributed by atoms with Gasteiger partial charge in [0, 0.05) is 13.1 Å². The molecule has 2 aromatic rings. The van der Waals surface area contributed by atoms with Crippen LogP contribution in [0.25, 0.3) is 0 Å². The van der Waals surface area contributed by atoms with Gasteiger partial charge >= 0.3 is 0 Å². The average Bonchev–Trinajstić information content (AvgIpc) is 2.60. The maximum absolute atomic E-state index is 9.23. The quantitative estimate of drug-likeness (QED) is 0.817. The summed E-state index contributed by atoms with van der Waals surface area (Å²) in [5, 5.41) is 12.4. The third-order valence-electron chi connectivity index (χ3n) is 3.70. The van der Waals surface area contributed by atoms with Crippen molar-refractivity contribution in [2.75, 3.05) is 19.8 Å². The number of benzene rings is 2. The summed E-state index contributed by atoms with van der Waals surface area (Å²) >= 11 is 0. The van der Waals surface area contributed by atoms with E-state index in [4.69, 9.17) is 14.2 Å². The van der Waals surface area contributed by atoms with Crippen molar-refractivity contribution in [2.24, 2.45) is 0 Å². The lowest BCUT2D eigenvalue weighted by Gasteiger charge is -2.19. The van der Waals surface area contributed by atoms with E-state index in [1.807, 2.05) is 42.5 Å². The number of ether oxygens (including phenoxy) is 3. The lowest BCUT2D eigenvalue weighted by Crippen LogP contribution is -2.23. The number of nitrogens with one attached hydrogen (secondary N) is 1. The van der Waals surface area contributed by atoms with Crippen molar-refractivity contribution in [3.05, 3.63) is 53.6 Å². The Morgan fingerprint density at radius 2 is 1.75 bits per heavy atom. The van der Waals surface area contributed by atoms with Crippen LogP contribution in [-0.2, 0) is 13.2 Å². The number of rotatable bonds is 7. The highest BCUT2D eigenvalue weighted by Crippen LogP contribution is 2.31. The Kier molecular flexibility index (Phi) is 5.56. The first-order valence-electron chi connectivity index (χ1n) is 8.20. The first-order chi connectivity index (χ1) is 11.7. The molecule has 0 unspecified atom stereocenters. The van der Waals surface area contributed by atoms with Gasteiger partial charge in [-0.25, -0.2) is 0 Å². The van der Waals surface area contributed by atoms with Gasteiger partial charge in [0.1, 0.15) is 25.6 Å². The Balaban J connectivity index is 1.51. The summed E-state index contributed by atoms with van der Waals surface area (Å²) in [6.07, 6.45) is -0.335. The molecule has 1 atom stereocenters. The van der Waals surface area contributed by atoms with Crippen molar-refractivity contribution in [3.8, 4) is 17.2 Å². The minimum Gasteiger partial charge on any atom is -0.489 e. The van der Waals surface area contributed by atoms with Crippen molar-refractivity contribution in [2.45, 2.75) is 26.2 Å². The van der Waals surface area contributed by atoms with E-state index >= 15 is 0 Å². The normalized spacial score (nSPS) is 14.2. The third kappa shape index (κ3) is 4.63. The molecule has 2 N–H and O–H groups in total. The Morgan fingerprint density at radius 3 is 2.50 bits per heavy atom. The highest BCUT2D eigenvalue weighted by Gasteiger charge is 2.11. The smallest absolute Gasteiger partial charge is 0.161 e. The number of hydrogen-bond acceptors (Lipinski definition) is 5. The molecule has 2 aromatic carbocycles. The number of fused-ring (bicyclic) bond motifs is 1. The van der Waals surface area contributed by atoms with E-state index in [1.54, 1.807) is 6.92 Å². The first-order valence-corrected chi connectivity index (χ1v) is 8.20. The summed E-state index contributed by atoms with van der Waals surface area (Å²) in [6.45, 7) is 4.75. The predicted octanol–water partition coefficient (Wildman–Crippen LogP) is 2.51.